The lowest BCUT2D eigenvalue weighted by molar-refractivity contribution is 0.491. The average molecular weight is 386 g/mol. The van der Waals surface area contributed by atoms with Gasteiger partial charge in [0.2, 0.25) is 10.0 Å². The second-order valence-corrected chi connectivity index (χ2v) is 9.75. The first-order valence-electron chi connectivity index (χ1n) is 7.32. The number of sulfonamides is 2. The molecule has 6 nitrogen and oxygen atoms in total. The molecule has 0 aliphatic carbocycles. The van der Waals surface area contributed by atoms with Crippen molar-refractivity contribution in [3.63, 3.8) is 0 Å². The van der Waals surface area contributed by atoms with Gasteiger partial charge in [0, 0.05) is 5.54 Å². The maximum atomic E-state index is 13.7. The van der Waals surface area contributed by atoms with Gasteiger partial charge in [-0.2, -0.15) is 0 Å². The molecular weight excluding hydrogens is 367 g/mol. The third kappa shape index (κ3) is 5.00. The maximum absolute atomic E-state index is 13.7. The van der Waals surface area contributed by atoms with E-state index >= 15 is 0 Å². The van der Waals surface area contributed by atoms with Crippen LogP contribution in [0.3, 0.4) is 0 Å². The summed E-state index contributed by atoms with van der Waals surface area (Å²) in [7, 11) is -8.01. The minimum atomic E-state index is -4.18. The molecule has 0 aliphatic rings. The minimum absolute atomic E-state index is 0.0139. The third-order valence-electron chi connectivity index (χ3n) is 2.96. The van der Waals surface area contributed by atoms with Crippen molar-refractivity contribution in [2.45, 2.75) is 36.1 Å². The second kappa shape index (κ2) is 6.74. The molecule has 2 rings (SSSR count). The summed E-state index contributed by atoms with van der Waals surface area (Å²) in [6.45, 7) is 5.07. The average Bonchev–Trinajstić information content (AvgIpc) is 2.45. The summed E-state index contributed by atoms with van der Waals surface area (Å²) in [5.41, 5.74) is -0.679. The number of hydrogen-bond acceptors (Lipinski definition) is 4. The summed E-state index contributed by atoms with van der Waals surface area (Å²) in [4.78, 5) is -0.618. The first kappa shape index (κ1) is 19.4. The molecule has 0 spiro atoms. The lowest BCUT2D eigenvalue weighted by Crippen LogP contribution is -2.40. The van der Waals surface area contributed by atoms with E-state index in [4.69, 9.17) is 0 Å². The van der Waals surface area contributed by atoms with Gasteiger partial charge in [0.25, 0.3) is 10.0 Å². The Morgan fingerprint density at radius 3 is 2.12 bits per heavy atom. The molecule has 0 aliphatic heterocycles. The Balaban J connectivity index is 2.36. The van der Waals surface area contributed by atoms with Crippen LogP contribution in [0.1, 0.15) is 20.8 Å². The van der Waals surface area contributed by atoms with Crippen molar-refractivity contribution in [1.29, 1.82) is 0 Å². The van der Waals surface area contributed by atoms with Gasteiger partial charge in [0.15, 0.2) is 0 Å². The molecule has 0 unspecified atom stereocenters. The molecule has 2 N–H and O–H groups in total. The highest BCUT2D eigenvalue weighted by molar-refractivity contribution is 7.92. The van der Waals surface area contributed by atoms with Crippen LogP contribution in [0.2, 0.25) is 0 Å². The molecule has 136 valence electrons. The fraction of sp³-hybridized carbons (Fsp3) is 0.250. The predicted molar refractivity (Wildman–Crippen MR) is 93.7 cm³/mol. The quantitative estimate of drug-likeness (QED) is 0.826. The molecule has 0 saturated carbocycles. The zero-order valence-electron chi connectivity index (χ0n) is 13.9. The number of hydrogen-bond donors (Lipinski definition) is 2. The topological polar surface area (TPSA) is 92.3 Å². The van der Waals surface area contributed by atoms with E-state index in [9.17, 15) is 21.2 Å². The summed E-state index contributed by atoms with van der Waals surface area (Å²) in [5, 5.41) is 0. The van der Waals surface area contributed by atoms with E-state index in [1.807, 2.05) is 0 Å². The van der Waals surface area contributed by atoms with Crippen molar-refractivity contribution >= 4 is 25.7 Å². The van der Waals surface area contributed by atoms with E-state index in [2.05, 4.69) is 9.44 Å². The molecule has 2 aromatic carbocycles. The summed E-state index contributed by atoms with van der Waals surface area (Å²) in [5.74, 6) is -0.895. The van der Waals surface area contributed by atoms with Crippen LogP contribution in [0.5, 0.6) is 0 Å². The van der Waals surface area contributed by atoms with E-state index in [1.165, 1.54) is 36.4 Å². The lowest BCUT2D eigenvalue weighted by atomic mass is 10.1. The Kier molecular flexibility index (Phi) is 5.22. The van der Waals surface area contributed by atoms with Gasteiger partial charge in [0.1, 0.15) is 10.7 Å². The predicted octanol–water partition coefficient (Wildman–Crippen LogP) is 2.70. The molecule has 0 saturated heterocycles. The van der Waals surface area contributed by atoms with Crippen LogP contribution >= 0.6 is 0 Å². The highest BCUT2D eigenvalue weighted by Crippen LogP contribution is 2.21. The highest BCUT2D eigenvalue weighted by atomic mass is 32.2. The Morgan fingerprint density at radius 2 is 1.52 bits per heavy atom. The van der Waals surface area contributed by atoms with Gasteiger partial charge in [-0.3, -0.25) is 4.72 Å². The number of benzene rings is 2. The van der Waals surface area contributed by atoms with E-state index in [0.717, 1.165) is 12.1 Å². The maximum Gasteiger partial charge on any atom is 0.264 e. The van der Waals surface area contributed by atoms with Crippen molar-refractivity contribution in [3.8, 4) is 0 Å². The molecule has 0 bridgehead atoms. The van der Waals surface area contributed by atoms with Gasteiger partial charge < -0.3 is 0 Å². The molecule has 0 heterocycles. The van der Waals surface area contributed by atoms with Crippen molar-refractivity contribution < 1.29 is 21.2 Å². The fourth-order valence-electron chi connectivity index (χ4n) is 2.06. The Morgan fingerprint density at radius 1 is 0.880 bits per heavy atom. The van der Waals surface area contributed by atoms with Crippen LogP contribution in [0.4, 0.5) is 10.1 Å². The van der Waals surface area contributed by atoms with Crippen molar-refractivity contribution in [3.05, 3.63) is 54.3 Å². The third-order valence-corrected chi connectivity index (χ3v) is 6.13. The van der Waals surface area contributed by atoms with Gasteiger partial charge in [-0.05, 0) is 51.1 Å². The zero-order chi connectivity index (χ0) is 18.9. The zero-order valence-corrected chi connectivity index (χ0v) is 15.6. The molecular formula is C16H19FN2O4S2. The first-order valence-corrected chi connectivity index (χ1v) is 10.3. The monoisotopic (exact) mass is 386 g/mol. The second-order valence-electron chi connectivity index (χ2n) is 6.42. The van der Waals surface area contributed by atoms with E-state index < -0.39 is 36.3 Å². The SMILES string of the molecule is CC(C)(C)NS(=O)(=O)c1cccc(NS(=O)(=O)c2ccccc2F)c1. The molecule has 9 heteroatoms. The molecule has 25 heavy (non-hydrogen) atoms. The summed E-state index contributed by atoms with van der Waals surface area (Å²) in [6, 6.07) is 10.2. The highest BCUT2D eigenvalue weighted by Gasteiger charge is 2.23. The smallest absolute Gasteiger partial charge is 0.264 e. The first-order chi connectivity index (χ1) is 11.4. The fourth-order valence-corrected chi connectivity index (χ4v) is 4.66. The normalized spacial score (nSPS) is 12.8. The van der Waals surface area contributed by atoms with Crippen LogP contribution in [-0.2, 0) is 20.0 Å². The van der Waals surface area contributed by atoms with Crippen molar-refractivity contribution in [1.82, 2.24) is 4.72 Å². The molecule has 0 aromatic heterocycles. The van der Waals surface area contributed by atoms with Gasteiger partial charge in [-0.1, -0.05) is 18.2 Å². The minimum Gasteiger partial charge on any atom is -0.280 e. The van der Waals surface area contributed by atoms with Gasteiger partial charge in [0.05, 0.1) is 10.6 Å². The van der Waals surface area contributed by atoms with Gasteiger partial charge in [-0.25, -0.2) is 25.9 Å². The van der Waals surface area contributed by atoms with E-state index in [-0.39, 0.29) is 10.6 Å². The summed E-state index contributed by atoms with van der Waals surface area (Å²) >= 11 is 0. The lowest BCUT2D eigenvalue weighted by Gasteiger charge is -2.20. The summed E-state index contributed by atoms with van der Waals surface area (Å²) < 4.78 is 67.7. The van der Waals surface area contributed by atoms with Crippen LogP contribution in [-0.4, -0.2) is 22.4 Å². The molecule has 0 amide bonds. The van der Waals surface area contributed by atoms with Crippen LogP contribution < -0.4 is 9.44 Å². The number of nitrogens with one attached hydrogen (secondary N) is 2. The van der Waals surface area contributed by atoms with E-state index in [0.29, 0.717) is 0 Å². The molecule has 0 atom stereocenters. The largest absolute Gasteiger partial charge is 0.280 e. The van der Waals surface area contributed by atoms with Crippen molar-refractivity contribution in [2.75, 3.05) is 4.72 Å². The van der Waals surface area contributed by atoms with E-state index in [1.54, 1.807) is 20.8 Å². The Hall–Kier alpha value is -1.97. The standard InChI is InChI=1S/C16H19FN2O4S2/c1-16(2,3)19-24(20,21)13-8-6-7-12(11-13)18-25(22,23)15-10-5-4-9-14(15)17/h4-11,18-19H,1-3H3. The number of rotatable bonds is 5. The van der Waals surface area contributed by atoms with Crippen molar-refractivity contribution in [2.24, 2.45) is 0 Å². The van der Waals surface area contributed by atoms with Gasteiger partial charge in [-0.15, -0.1) is 0 Å². The number of anilines is 1. The molecule has 2 aromatic rings. The Labute approximate surface area is 147 Å². The van der Waals surface area contributed by atoms with Crippen LogP contribution in [0.15, 0.2) is 58.3 Å². The Bertz CT molecular complexity index is 981. The van der Waals surface area contributed by atoms with Crippen LogP contribution in [0, 0.1) is 5.82 Å². The molecule has 0 fully saturated rings. The summed E-state index contributed by atoms with van der Waals surface area (Å²) in [6.07, 6.45) is 0. The van der Waals surface area contributed by atoms with Crippen LogP contribution in [0.25, 0.3) is 0 Å². The molecule has 0 radical (unpaired) electrons. The van der Waals surface area contributed by atoms with Gasteiger partial charge >= 0.3 is 0 Å². The number of halogens is 1.